The van der Waals surface area contributed by atoms with Crippen LogP contribution in [0.3, 0.4) is 0 Å². The summed E-state index contributed by atoms with van der Waals surface area (Å²) in [7, 11) is 0. The van der Waals surface area contributed by atoms with Gasteiger partial charge in [0.2, 0.25) is 0 Å². The largest absolute Gasteiger partial charge is 0.0616 e. The molecule has 0 N–H and O–H groups in total. The predicted molar refractivity (Wildman–Crippen MR) is 239 cm³/mol. The van der Waals surface area contributed by atoms with Gasteiger partial charge in [-0.25, -0.2) is 0 Å². The summed E-state index contributed by atoms with van der Waals surface area (Å²) in [5.74, 6) is 0. The van der Waals surface area contributed by atoms with Crippen LogP contribution in [-0.4, -0.2) is 0 Å². The van der Waals surface area contributed by atoms with Gasteiger partial charge in [0, 0.05) is 10.8 Å². The van der Waals surface area contributed by atoms with Crippen LogP contribution in [-0.2, 0) is 10.8 Å². The van der Waals surface area contributed by atoms with E-state index in [0.717, 1.165) is 0 Å². The summed E-state index contributed by atoms with van der Waals surface area (Å²) in [6.07, 6.45) is 0. The second-order valence-electron chi connectivity index (χ2n) is 17.3. The number of hydrogen-bond donors (Lipinski definition) is 0. The standard InChI is InChI=1S/C56H40/c1-55(2)49-29-41(34-12-15-35(16-13-34)43-24-20-38-18-17-36-10-7-11-37-21-27-46(43)54(38)53(36)37)22-25-44(49)47-31-52-48(32-51(47)55)45-26-23-42(30-50(45)56(52,3)4)40-19-14-33-8-5-6-9-39(33)28-40/h5-32H,1-4H3. The number of benzene rings is 10. The molecule has 264 valence electrons. The Kier molecular flexibility index (Phi) is 6.28. The first-order chi connectivity index (χ1) is 27.2. The molecule has 0 radical (unpaired) electrons. The minimum atomic E-state index is -0.116. The quantitative estimate of drug-likeness (QED) is 0.160. The zero-order chi connectivity index (χ0) is 37.5. The molecule has 0 spiro atoms. The molecule has 0 aliphatic heterocycles. The molecule has 0 aromatic heterocycles. The molecule has 0 fully saturated rings. The lowest BCUT2D eigenvalue weighted by Crippen LogP contribution is -2.17. The number of rotatable bonds is 3. The van der Waals surface area contributed by atoms with Gasteiger partial charge in [0.15, 0.2) is 0 Å². The van der Waals surface area contributed by atoms with Crippen molar-refractivity contribution < 1.29 is 0 Å². The Morgan fingerprint density at radius 1 is 0.268 bits per heavy atom. The topological polar surface area (TPSA) is 0 Å². The first-order valence-electron chi connectivity index (χ1n) is 20.0. The maximum Gasteiger partial charge on any atom is 0.0159 e. The first-order valence-corrected chi connectivity index (χ1v) is 20.0. The maximum absolute atomic E-state index is 2.53. The molecule has 0 heteroatoms. The van der Waals surface area contributed by atoms with Crippen LogP contribution in [0.2, 0.25) is 0 Å². The SMILES string of the molecule is CC1(C)c2cc(-c3ccc(-c4ccc5ccc6cccc7ccc4c5c67)cc3)ccc2-c2cc3c(cc21)-c1ccc(-c2ccc4ccccc4c2)cc1C3(C)C. The average Bonchev–Trinajstić information content (AvgIpc) is 3.60. The van der Waals surface area contributed by atoms with E-state index >= 15 is 0 Å². The summed E-state index contributed by atoms with van der Waals surface area (Å²) in [5.41, 5.74) is 18.6. The number of fused-ring (bicyclic) bond motifs is 7. The van der Waals surface area contributed by atoms with Gasteiger partial charge in [0.1, 0.15) is 0 Å². The van der Waals surface area contributed by atoms with Gasteiger partial charge >= 0.3 is 0 Å². The average molecular weight is 713 g/mol. The molecule has 12 rings (SSSR count). The van der Waals surface area contributed by atoms with Crippen molar-refractivity contribution in [2.45, 2.75) is 38.5 Å². The van der Waals surface area contributed by atoms with Gasteiger partial charge in [-0.15, -0.1) is 0 Å². The summed E-state index contributed by atoms with van der Waals surface area (Å²) in [6, 6.07) is 64.4. The second kappa shape index (κ2) is 11.1. The van der Waals surface area contributed by atoms with E-state index in [-0.39, 0.29) is 10.8 Å². The zero-order valence-corrected chi connectivity index (χ0v) is 32.2. The lowest BCUT2D eigenvalue weighted by atomic mass is 9.79. The Morgan fingerprint density at radius 3 is 1.36 bits per heavy atom. The Balaban J connectivity index is 0.898. The lowest BCUT2D eigenvalue weighted by Gasteiger charge is -2.24. The first kappa shape index (κ1) is 31.8. The van der Waals surface area contributed by atoms with E-state index in [0.29, 0.717) is 0 Å². The van der Waals surface area contributed by atoms with E-state index in [9.17, 15) is 0 Å². The molecule has 10 aromatic carbocycles. The highest BCUT2D eigenvalue weighted by molar-refractivity contribution is 6.25. The van der Waals surface area contributed by atoms with Crippen molar-refractivity contribution in [3.8, 4) is 55.6 Å². The third-order valence-corrected chi connectivity index (χ3v) is 13.6. The van der Waals surface area contributed by atoms with Gasteiger partial charge in [-0.1, -0.05) is 167 Å². The fraction of sp³-hybridized carbons (Fsp3) is 0.107. The lowest BCUT2D eigenvalue weighted by molar-refractivity contribution is 0.652. The Bertz CT molecular complexity index is 3260. The normalized spacial score (nSPS) is 14.7. The summed E-state index contributed by atoms with van der Waals surface area (Å²) >= 11 is 0. The van der Waals surface area contributed by atoms with Crippen LogP contribution in [0.15, 0.2) is 170 Å². The molecule has 2 aliphatic rings. The van der Waals surface area contributed by atoms with E-state index in [2.05, 4.69) is 198 Å². The Labute approximate surface area is 328 Å². The monoisotopic (exact) mass is 712 g/mol. The van der Waals surface area contributed by atoms with E-state index < -0.39 is 0 Å². The Morgan fingerprint density at radius 2 is 0.696 bits per heavy atom. The highest BCUT2D eigenvalue weighted by Crippen LogP contribution is 2.57. The molecule has 2 aliphatic carbocycles. The van der Waals surface area contributed by atoms with Crippen molar-refractivity contribution in [3.05, 3.63) is 192 Å². The minimum absolute atomic E-state index is 0.101. The molecule has 0 saturated heterocycles. The smallest absolute Gasteiger partial charge is 0.0159 e. The van der Waals surface area contributed by atoms with Crippen molar-refractivity contribution in [2.75, 3.05) is 0 Å². The van der Waals surface area contributed by atoms with E-state index in [4.69, 9.17) is 0 Å². The Hall–Kier alpha value is -6.50. The molecule has 10 aromatic rings. The third-order valence-electron chi connectivity index (χ3n) is 13.6. The summed E-state index contributed by atoms with van der Waals surface area (Å²) in [6.45, 7) is 9.64. The van der Waals surface area contributed by atoms with Gasteiger partial charge in [-0.05, 0) is 151 Å². The predicted octanol–water partition coefficient (Wildman–Crippen LogP) is 15.4. The molecule has 0 bridgehead atoms. The fourth-order valence-corrected chi connectivity index (χ4v) is 10.5. The van der Waals surface area contributed by atoms with Crippen LogP contribution in [0, 0.1) is 0 Å². The van der Waals surface area contributed by atoms with Gasteiger partial charge in [0.25, 0.3) is 0 Å². The molecule has 0 heterocycles. The van der Waals surface area contributed by atoms with E-state index in [1.165, 1.54) is 121 Å². The molecule has 0 atom stereocenters. The zero-order valence-electron chi connectivity index (χ0n) is 32.2. The van der Waals surface area contributed by atoms with Gasteiger partial charge in [0.05, 0.1) is 0 Å². The molecule has 0 unspecified atom stereocenters. The molecule has 0 saturated carbocycles. The minimum Gasteiger partial charge on any atom is -0.0616 e. The van der Waals surface area contributed by atoms with Crippen LogP contribution < -0.4 is 0 Å². The molecule has 0 amide bonds. The summed E-state index contributed by atoms with van der Waals surface area (Å²) in [4.78, 5) is 0. The van der Waals surface area contributed by atoms with Crippen LogP contribution >= 0.6 is 0 Å². The third kappa shape index (κ3) is 4.30. The van der Waals surface area contributed by atoms with Crippen molar-refractivity contribution >= 4 is 43.1 Å². The van der Waals surface area contributed by atoms with Crippen LogP contribution in [0.5, 0.6) is 0 Å². The van der Waals surface area contributed by atoms with Crippen LogP contribution in [0.4, 0.5) is 0 Å². The maximum atomic E-state index is 2.53. The van der Waals surface area contributed by atoms with Crippen LogP contribution in [0.25, 0.3) is 98.7 Å². The highest BCUT2D eigenvalue weighted by atomic mass is 14.4. The molecular weight excluding hydrogens is 673 g/mol. The second-order valence-corrected chi connectivity index (χ2v) is 17.3. The number of hydrogen-bond acceptors (Lipinski definition) is 0. The van der Waals surface area contributed by atoms with Crippen molar-refractivity contribution in [1.29, 1.82) is 0 Å². The van der Waals surface area contributed by atoms with Gasteiger partial charge in [-0.2, -0.15) is 0 Å². The fourth-order valence-electron chi connectivity index (χ4n) is 10.5. The van der Waals surface area contributed by atoms with Gasteiger partial charge < -0.3 is 0 Å². The van der Waals surface area contributed by atoms with E-state index in [1.807, 2.05) is 0 Å². The highest BCUT2D eigenvalue weighted by Gasteiger charge is 2.42. The summed E-state index contributed by atoms with van der Waals surface area (Å²) < 4.78 is 0. The van der Waals surface area contributed by atoms with Crippen molar-refractivity contribution in [3.63, 3.8) is 0 Å². The van der Waals surface area contributed by atoms with Gasteiger partial charge in [-0.3, -0.25) is 0 Å². The molecule has 56 heavy (non-hydrogen) atoms. The summed E-state index contributed by atoms with van der Waals surface area (Å²) in [5, 5.41) is 10.5. The van der Waals surface area contributed by atoms with Crippen molar-refractivity contribution in [1.82, 2.24) is 0 Å². The molecular formula is C56H40. The van der Waals surface area contributed by atoms with Crippen molar-refractivity contribution in [2.24, 2.45) is 0 Å². The van der Waals surface area contributed by atoms with E-state index in [1.54, 1.807) is 0 Å². The molecule has 0 nitrogen and oxygen atoms in total. The van der Waals surface area contributed by atoms with Crippen LogP contribution in [0.1, 0.15) is 49.9 Å².